The maximum absolute atomic E-state index is 12.5. The van der Waals surface area contributed by atoms with Crippen molar-refractivity contribution in [3.05, 3.63) is 97.1 Å². The number of benzene rings is 9. The molecular formula is C51H17B17N2O. The lowest BCUT2D eigenvalue weighted by atomic mass is 9.58. The number of phenolic OH excluding ortho intramolecular Hbond substituents is 1. The molecule has 0 saturated carbocycles. The SMILES string of the molecule is [B]c1c([B])c([B])c(-c2cc(-c3c([B])c([B])c([B])c([B])c3[B])cc(-c3c4c([B])c([B])c([B])c([B])c4c(-c4ccc(-n5c(-c6ccccc6)nc6ccccc65)cc4)c4c([B])c([B])c([B])c(O)c34)c2)c([B])c1[B]. The number of fused-ring (bicyclic) bond motifs is 3. The Morgan fingerprint density at radius 3 is 1.15 bits per heavy atom. The molecule has 1 N–H and O–H groups in total. The third-order valence-electron chi connectivity index (χ3n) is 13.5. The Labute approximate surface area is 435 Å². The Morgan fingerprint density at radius 2 is 0.676 bits per heavy atom. The first-order valence-electron chi connectivity index (χ1n) is 21.8. The fraction of sp³-hybridized carbons (Fsp3) is 0. The fourth-order valence-corrected chi connectivity index (χ4v) is 9.70. The topological polar surface area (TPSA) is 38.0 Å². The maximum atomic E-state index is 12.5. The van der Waals surface area contributed by atoms with Crippen LogP contribution in [0.25, 0.3) is 94.2 Å². The summed E-state index contributed by atoms with van der Waals surface area (Å²) in [5, 5.41) is 13.3. The Morgan fingerprint density at radius 1 is 0.310 bits per heavy atom. The van der Waals surface area contributed by atoms with E-state index in [2.05, 4.69) is 4.57 Å². The van der Waals surface area contributed by atoms with Gasteiger partial charge in [0.15, 0.2) is 0 Å². The molecule has 10 aromatic rings. The summed E-state index contributed by atoms with van der Waals surface area (Å²) in [7, 11) is 113. The molecule has 0 fully saturated rings. The van der Waals surface area contributed by atoms with Crippen LogP contribution in [0.3, 0.4) is 0 Å². The van der Waals surface area contributed by atoms with Gasteiger partial charge in [0, 0.05) is 22.2 Å². The molecular weight excluding hydrogens is 840 g/mol. The first-order valence-corrected chi connectivity index (χ1v) is 21.8. The Balaban J connectivity index is 1.37. The predicted molar refractivity (Wildman–Crippen MR) is 317 cm³/mol. The zero-order valence-corrected chi connectivity index (χ0v) is 37.9. The minimum Gasteiger partial charge on any atom is -0.508 e. The van der Waals surface area contributed by atoms with Crippen molar-refractivity contribution >= 4 is 259 Å². The number of rotatable bonds is 6. The van der Waals surface area contributed by atoms with Crippen molar-refractivity contribution in [3.8, 4) is 67.3 Å². The zero-order chi connectivity index (χ0) is 50.8. The summed E-state index contributed by atoms with van der Waals surface area (Å²) in [6, 6.07) is 30.3. The smallest absolute Gasteiger partial charge is 0.145 e. The number of imidazole rings is 1. The largest absolute Gasteiger partial charge is 0.508 e. The van der Waals surface area contributed by atoms with Crippen molar-refractivity contribution in [1.82, 2.24) is 9.55 Å². The van der Waals surface area contributed by atoms with Crippen LogP contribution in [0.1, 0.15) is 0 Å². The molecule has 0 aliphatic heterocycles. The third kappa shape index (κ3) is 7.31. The van der Waals surface area contributed by atoms with E-state index in [9.17, 15) is 5.11 Å². The van der Waals surface area contributed by atoms with Crippen LogP contribution < -0.4 is 92.9 Å². The molecule has 9 aromatic carbocycles. The molecule has 3 nitrogen and oxygen atoms in total. The Kier molecular flexibility index (Phi) is 12.2. The first-order chi connectivity index (χ1) is 33.8. The maximum Gasteiger partial charge on any atom is 0.145 e. The minimum atomic E-state index is -0.459. The summed E-state index contributed by atoms with van der Waals surface area (Å²) in [5.74, 6) is 0.263. The minimum absolute atomic E-state index is 0.00520. The van der Waals surface area contributed by atoms with Crippen molar-refractivity contribution in [2.24, 2.45) is 0 Å². The number of para-hydroxylation sites is 2. The van der Waals surface area contributed by atoms with Crippen LogP contribution in [-0.2, 0) is 0 Å². The van der Waals surface area contributed by atoms with Gasteiger partial charge < -0.3 is 5.11 Å². The van der Waals surface area contributed by atoms with Gasteiger partial charge in [0.2, 0.25) is 0 Å². The third-order valence-corrected chi connectivity index (χ3v) is 13.5. The highest BCUT2D eigenvalue weighted by Gasteiger charge is 2.28. The van der Waals surface area contributed by atoms with Crippen LogP contribution in [-0.4, -0.2) is 148 Å². The highest BCUT2D eigenvalue weighted by molar-refractivity contribution is 6.72. The van der Waals surface area contributed by atoms with E-state index in [0.717, 1.165) is 28.1 Å². The van der Waals surface area contributed by atoms with Gasteiger partial charge in [-0.25, -0.2) is 4.98 Å². The predicted octanol–water partition coefficient (Wildman–Crippen LogP) is -7.13. The molecule has 0 atom stereocenters. The summed E-state index contributed by atoms with van der Waals surface area (Å²) >= 11 is 0. The van der Waals surface area contributed by atoms with E-state index >= 15 is 0 Å². The van der Waals surface area contributed by atoms with Crippen molar-refractivity contribution in [2.45, 2.75) is 0 Å². The molecule has 0 saturated heterocycles. The van der Waals surface area contributed by atoms with Gasteiger partial charge in [-0.1, -0.05) is 98.3 Å². The van der Waals surface area contributed by atoms with Gasteiger partial charge in [0.1, 0.15) is 145 Å². The molecule has 71 heavy (non-hydrogen) atoms. The van der Waals surface area contributed by atoms with E-state index < -0.39 is 5.75 Å². The van der Waals surface area contributed by atoms with Crippen molar-refractivity contribution in [1.29, 1.82) is 0 Å². The second-order valence-electron chi connectivity index (χ2n) is 17.4. The number of aromatic nitrogens is 2. The van der Waals surface area contributed by atoms with Crippen LogP contribution in [0.15, 0.2) is 97.1 Å². The quantitative estimate of drug-likeness (QED) is 0.134. The lowest BCUT2D eigenvalue weighted by Crippen LogP contribution is -2.55. The molecule has 0 aliphatic rings. The monoisotopic (exact) mass is 860 g/mol. The van der Waals surface area contributed by atoms with E-state index in [1.165, 1.54) is 0 Å². The highest BCUT2D eigenvalue weighted by atomic mass is 16.3. The molecule has 10 rings (SSSR count). The van der Waals surface area contributed by atoms with Gasteiger partial charge in [-0.15, -0.1) is 49.2 Å². The number of nitrogens with zero attached hydrogens (tertiary/aromatic N) is 2. The molecule has 20 heteroatoms. The lowest BCUT2D eigenvalue weighted by molar-refractivity contribution is 0.486. The molecule has 0 unspecified atom stereocenters. The van der Waals surface area contributed by atoms with Crippen LogP contribution >= 0.6 is 0 Å². The summed E-state index contributed by atoms with van der Waals surface area (Å²) in [5.41, 5.74) is 5.15. The second-order valence-corrected chi connectivity index (χ2v) is 17.4. The highest BCUT2D eigenvalue weighted by Crippen LogP contribution is 2.45. The van der Waals surface area contributed by atoms with E-state index in [4.69, 9.17) is 138 Å². The van der Waals surface area contributed by atoms with Gasteiger partial charge in [-0.2, -0.15) is 0 Å². The molecule has 1 aromatic heterocycles. The van der Waals surface area contributed by atoms with Crippen LogP contribution in [0, 0.1) is 0 Å². The molecule has 0 bridgehead atoms. The first kappa shape index (κ1) is 48.5. The van der Waals surface area contributed by atoms with Crippen molar-refractivity contribution < 1.29 is 5.11 Å². The number of hydrogen-bond donors (Lipinski definition) is 1. The summed E-state index contributed by atoms with van der Waals surface area (Å²) in [6.07, 6.45) is 0. The molecule has 0 aliphatic carbocycles. The summed E-state index contributed by atoms with van der Waals surface area (Å²) in [4.78, 5) is 5.01. The van der Waals surface area contributed by atoms with E-state index in [1.54, 1.807) is 18.2 Å². The molecule has 0 amide bonds. The molecule has 34 radical (unpaired) electrons. The number of aromatic hydroxyl groups is 1. The summed E-state index contributed by atoms with van der Waals surface area (Å²) in [6.45, 7) is 0. The van der Waals surface area contributed by atoms with Crippen molar-refractivity contribution in [2.75, 3.05) is 0 Å². The van der Waals surface area contributed by atoms with Gasteiger partial charge in [0.25, 0.3) is 0 Å². The average molecular weight is 858 g/mol. The van der Waals surface area contributed by atoms with Crippen molar-refractivity contribution in [3.63, 3.8) is 0 Å². The normalized spacial score (nSPS) is 11.5. The van der Waals surface area contributed by atoms with E-state index in [0.29, 0.717) is 27.6 Å². The van der Waals surface area contributed by atoms with Gasteiger partial charge in [-0.05, 0) is 97.6 Å². The summed E-state index contributed by atoms with van der Waals surface area (Å²) < 4.78 is 2.06. The second kappa shape index (κ2) is 17.9. The van der Waals surface area contributed by atoms with Crippen LogP contribution in [0.5, 0.6) is 5.75 Å². The Bertz CT molecular complexity index is 3740. The fourth-order valence-electron chi connectivity index (χ4n) is 9.70. The van der Waals surface area contributed by atoms with Gasteiger partial charge in [0.05, 0.1) is 11.0 Å². The Hall–Kier alpha value is -6.13. The molecule has 1 heterocycles. The average Bonchev–Trinajstić information content (AvgIpc) is 3.77. The van der Waals surface area contributed by atoms with Gasteiger partial charge in [-0.3, -0.25) is 4.57 Å². The number of phenols is 1. The van der Waals surface area contributed by atoms with Crippen LogP contribution in [0.2, 0.25) is 0 Å². The zero-order valence-electron chi connectivity index (χ0n) is 37.9. The standard InChI is InChI=1S/C51H17B17N2O/c52-33-27(34(53)41(60)47(66)40(33)59)20-14-19(15-21(16-20)28-35(54)42(61)48(67)43(62)36(28)55)26-30-29(37(56)44(63)45(64)38(30)57)25(31-32(26)50(71)49(68)46(65)39(31)58)17-10-12-22(13-11-17)70-24-9-5-4-8-23(24)69-51(70)18-6-2-1-3-7-18/h1-16,71H. The van der Waals surface area contributed by atoms with Gasteiger partial charge >= 0.3 is 0 Å². The van der Waals surface area contributed by atoms with E-state index in [1.807, 2.05) is 78.9 Å². The van der Waals surface area contributed by atoms with E-state index in [-0.39, 0.29) is 131 Å². The molecule has 288 valence electrons. The lowest BCUT2D eigenvalue weighted by Gasteiger charge is -2.29. The molecule has 0 spiro atoms. The van der Waals surface area contributed by atoms with Crippen LogP contribution in [0.4, 0.5) is 0 Å². The number of hydrogen-bond acceptors (Lipinski definition) is 2.